The SMILES string of the molecule is Cc1cc(NC2CCCCO2)c(C#N)c(Br)c1C(F)(F)F. The molecule has 1 aromatic carbocycles. The third-order valence-electron chi connectivity index (χ3n) is 3.35. The molecule has 1 heterocycles. The highest BCUT2D eigenvalue weighted by molar-refractivity contribution is 9.10. The number of aryl methyl sites for hydroxylation is 1. The number of nitriles is 1. The number of nitrogens with zero attached hydrogens (tertiary/aromatic N) is 1. The first-order chi connectivity index (χ1) is 9.84. The first kappa shape index (κ1) is 16.1. The van der Waals surface area contributed by atoms with Crippen LogP contribution in [-0.2, 0) is 10.9 Å². The van der Waals surface area contributed by atoms with E-state index in [-0.39, 0.29) is 21.8 Å². The molecule has 1 fully saturated rings. The van der Waals surface area contributed by atoms with E-state index in [4.69, 9.17) is 4.74 Å². The molecule has 1 aliphatic heterocycles. The molecule has 3 nitrogen and oxygen atoms in total. The minimum absolute atomic E-state index is 0.0536. The van der Waals surface area contributed by atoms with Crippen LogP contribution in [0.3, 0.4) is 0 Å². The highest BCUT2D eigenvalue weighted by atomic mass is 79.9. The largest absolute Gasteiger partial charge is 0.417 e. The Balaban J connectivity index is 2.41. The van der Waals surface area contributed by atoms with Gasteiger partial charge in [-0.3, -0.25) is 0 Å². The molecule has 1 aliphatic rings. The van der Waals surface area contributed by atoms with Crippen LogP contribution in [0.5, 0.6) is 0 Å². The van der Waals surface area contributed by atoms with E-state index in [2.05, 4.69) is 21.2 Å². The van der Waals surface area contributed by atoms with Crippen LogP contribution in [0.15, 0.2) is 10.5 Å². The lowest BCUT2D eigenvalue weighted by molar-refractivity contribution is -0.138. The summed E-state index contributed by atoms with van der Waals surface area (Å²) < 4.78 is 44.4. The smallest absolute Gasteiger partial charge is 0.359 e. The van der Waals surface area contributed by atoms with Crippen molar-refractivity contribution in [3.63, 3.8) is 0 Å². The van der Waals surface area contributed by atoms with Crippen molar-refractivity contribution < 1.29 is 17.9 Å². The van der Waals surface area contributed by atoms with Gasteiger partial charge in [0.25, 0.3) is 0 Å². The van der Waals surface area contributed by atoms with Gasteiger partial charge in [-0.05, 0) is 53.7 Å². The quantitative estimate of drug-likeness (QED) is 0.836. The molecule has 0 spiro atoms. The van der Waals surface area contributed by atoms with Crippen molar-refractivity contribution in [2.75, 3.05) is 11.9 Å². The van der Waals surface area contributed by atoms with Gasteiger partial charge < -0.3 is 10.1 Å². The Morgan fingerprint density at radius 3 is 2.67 bits per heavy atom. The summed E-state index contributed by atoms with van der Waals surface area (Å²) in [6.07, 6.45) is -2.05. The lowest BCUT2D eigenvalue weighted by Crippen LogP contribution is -2.27. The van der Waals surface area contributed by atoms with Crippen LogP contribution in [-0.4, -0.2) is 12.8 Å². The summed E-state index contributed by atoms with van der Waals surface area (Å²) in [5, 5.41) is 12.2. The fraction of sp³-hybridized carbons (Fsp3) is 0.500. The Labute approximate surface area is 129 Å². The molecule has 114 valence electrons. The van der Waals surface area contributed by atoms with Crippen LogP contribution in [0.1, 0.15) is 36.0 Å². The Hall–Kier alpha value is -1.26. The van der Waals surface area contributed by atoms with Gasteiger partial charge in [0.2, 0.25) is 0 Å². The van der Waals surface area contributed by atoms with Gasteiger partial charge in [0, 0.05) is 11.1 Å². The number of halogens is 4. The van der Waals surface area contributed by atoms with Crippen LogP contribution < -0.4 is 5.32 Å². The second-order valence-electron chi connectivity index (χ2n) is 4.91. The molecule has 21 heavy (non-hydrogen) atoms. The molecule has 0 bridgehead atoms. The van der Waals surface area contributed by atoms with Gasteiger partial charge in [-0.2, -0.15) is 18.4 Å². The van der Waals surface area contributed by atoms with Gasteiger partial charge in [-0.15, -0.1) is 0 Å². The van der Waals surface area contributed by atoms with Crippen LogP contribution >= 0.6 is 15.9 Å². The second-order valence-corrected chi connectivity index (χ2v) is 5.71. The maximum atomic E-state index is 13.0. The third-order valence-corrected chi connectivity index (χ3v) is 4.15. The molecule has 0 aliphatic carbocycles. The van der Waals surface area contributed by atoms with Gasteiger partial charge in [0.15, 0.2) is 0 Å². The van der Waals surface area contributed by atoms with E-state index in [1.807, 2.05) is 6.07 Å². The molecule has 0 aromatic heterocycles. The first-order valence-corrected chi connectivity index (χ1v) is 7.32. The number of rotatable bonds is 2. The van der Waals surface area contributed by atoms with E-state index in [9.17, 15) is 18.4 Å². The Morgan fingerprint density at radius 1 is 1.43 bits per heavy atom. The predicted octanol–water partition coefficient (Wildman–Crippen LogP) is 4.59. The summed E-state index contributed by atoms with van der Waals surface area (Å²) >= 11 is 2.92. The normalized spacial score (nSPS) is 19.1. The molecule has 1 aromatic rings. The number of hydrogen-bond donors (Lipinski definition) is 1. The van der Waals surface area contributed by atoms with Gasteiger partial charge in [-0.25, -0.2) is 0 Å². The van der Waals surface area contributed by atoms with Crippen molar-refractivity contribution in [2.45, 2.75) is 38.6 Å². The van der Waals surface area contributed by atoms with Crippen LogP contribution in [0.2, 0.25) is 0 Å². The van der Waals surface area contributed by atoms with Crippen molar-refractivity contribution in [1.29, 1.82) is 5.26 Å². The Bertz CT molecular complexity index is 575. The molecule has 1 unspecified atom stereocenters. The van der Waals surface area contributed by atoms with Crippen molar-refractivity contribution in [3.8, 4) is 6.07 Å². The van der Waals surface area contributed by atoms with Crippen molar-refractivity contribution in [1.82, 2.24) is 0 Å². The second kappa shape index (κ2) is 6.24. The van der Waals surface area contributed by atoms with E-state index in [1.165, 1.54) is 13.0 Å². The molecule has 1 saturated heterocycles. The summed E-state index contributed by atoms with van der Waals surface area (Å²) in [6.45, 7) is 1.99. The molecule has 2 rings (SSSR count). The number of ether oxygens (including phenoxy) is 1. The van der Waals surface area contributed by atoms with Crippen LogP contribution in [0.4, 0.5) is 18.9 Å². The van der Waals surface area contributed by atoms with Crippen molar-refractivity contribution in [2.24, 2.45) is 0 Å². The zero-order valence-electron chi connectivity index (χ0n) is 11.4. The highest BCUT2D eigenvalue weighted by Crippen LogP contribution is 2.41. The van der Waals surface area contributed by atoms with E-state index in [1.54, 1.807) is 0 Å². The van der Waals surface area contributed by atoms with Crippen molar-refractivity contribution in [3.05, 3.63) is 27.2 Å². The maximum Gasteiger partial charge on any atom is 0.417 e. The predicted molar refractivity (Wildman–Crippen MR) is 75.8 cm³/mol. The van der Waals surface area contributed by atoms with Gasteiger partial charge in [0.05, 0.1) is 16.8 Å². The standard InChI is InChI=1S/C14H14BrF3N2O/c1-8-6-10(20-11-4-2-3-5-21-11)9(7-19)13(15)12(8)14(16,17)18/h6,11,20H,2-5H2,1H3. The molecular weight excluding hydrogens is 349 g/mol. The minimum atomic E-state index is -4.51. The van der Waals surface area contributed by atoms with Crippen LogP contribution in [0, 0.1) is 18.3 Å². The average molecular weight is 363 g/mol. The summed E-state index contributed by atoms with van der Waals surface area (Å²) in [7, 11) is 0. The van der Waals surface area contributed by atoms with Crippen LogP contribution in [0.25, 0.3) is 0 Å². The molecule has 0 saturated carbocycles. The Kier molecular flexibility index (Phi) is 4.79. The van der Waals surface area contributed by atoms with Gasteiger partial charge in [0.1, 0.15) is 12.3 Å². The number of benzene rings is 1. The zero-order chi connectivity index (χ0) is 15.6. The fourth-order valence-corrected chi connectivity index (χ4v) is 3.22. The van der Waals surface area contributed by atoms with E-state index in [0.29, 0.717) is 12.3 Å². The summed E-state index contributed by atoms with van der Waals surface area (Å²) in [5.41, 5.74) is -0.440. The number of anilines is 1. The molecule has 1 N–H and O–H groups in total. The third kappa shape index (κ3) is 3.50. The number of alkyl halides is 3. The minimum Gasteiger partial charge on any atom is -0.359 e. The molecule has 0 radical (unpaired) electrons. The molecular formula is C14H14BrF3N2O. The zero-order valence-corrected chi connectivity index (χ0v) is 12.9. The number of nitrogens with one attached hydrogen (secondary N) is 1. The van der Waals surface area contributed by atoms with E-state index < -0.39 is 11.7 Å². The summed E-state index contributed by atoms with van der Waals surface area (Å²) in [5.74, 6) is 0. The van der Waals surface area contributed by atoms with E-state index in [0.717, 1.165) is 19.3 Å². The monoisotopic (exact) mass is 362 g/mol. The number of hydrogen-bond acceptors (Lipinski definition) is 3. The summed E-state index contributed by atoms with van der Waals surface area (Å²) in [4.78, 5) is 0. The molecule has 7 heteroatoms. The van der Waals surface area contributed by atoms with Gasteiger partial charge >= 0.3 is 6.18 Å². The summed E-state index contributed by atoms with van der Waals surface area (Å²) in [6, 6.07) is 3.18. The first-order valence-electron chi connectivity index (χ1n) is 6.53. The fourth-order valence-electron chi connectivity index (χ4n) is 2.38. The van der Waals surface area contributed by atoms with E-state index >= 15 is 0 Å². The Morgan fingerprint density at radius 2 is 2.14 bits per heavy atom. The topological polar surface area (TPSA) is 45.0 Å². The van der Waals surface area contributed by atoms with Gasteiger partial charge in [-0.1, -0.05) is 0 Å². The lowest BCUT2D eigenvalue weighted by atomic mass is 10.0. The molecule has 0 amide bonds. The van der Waals surface area contributed by atoms with Crippen molar-refractivity contribution >= 4 is 21.6 Å². The average Bonchev–Trinajstić information content (AvgIpc) is 2.38. The molecule has 1 atom stereocenters. The lowest BCUT2D eigenvalue weighted by Gasteiger charge is -2.26. The maximum absolute atomic E-state index is 13.0. The highest BCUT2D eigenvalue weighted by Gasteiger charge is 2.36.